The summed E-state index contributed by atoms with van der Waals surface area (Å²) < 4.78 is 50.9. The van der Waals surface area contributed by atoms with Crippen LogP contribution < -0.4 is 15.4 Å². The summed E-state index contributed by atoms with van der Waals surface area (Å²) in [5.74, 6) is -1.95. The molecule has 2 amide bonds. The molecule has 0 radical (unpaired) electrons. The maximum Gasteiger partial charge on any atom is 0.428 e. The van der Waals surface area contributed by atoms with Gasteiger partial charge in [-0.05, 0) is 49.7 Å². The Hall–Kier alpha value is -2.84. The normalized spacial score (nSPS) is 20.4. The van der Waals surface area contributed by atoms with Gasteiger partial charge in [0.2, 0.25) is 5.91 Å². The zero-order valence-electron chi connectivity index (χ0n) is 28.1. The molecule has 3 unspecified atom stereocenters. The van der Waals surface area contributed by atoms with Gasteiger partial charge in [0.25, 0.3) is 11.0 Å². The van der Waals surface area contributed by atoms with Crippen LogP contribution in [0.2, 0.25) is 0 Å². The van der Waals surface area contributed by atoms with E-state index in [4.69, 9.17) is 4.74 Å². The van der Waals surface area contributed by atoms with E-state index in [0.29, 0.717) is 16.5 Å². The van der Waals surface area contributed by atoms with E-state index in [0.717, 1.165) is 28.4 Å². The van der Waals surface area contributed by atoms with Crippen molar-refractivity contribution in [3.05, 3.63) is 35.9 Å². The first-order chi connectivity index (χ1) is 23.6. The number of aliphatic hydroxyl groups is 1. The lowest BCUT2D eigenvalue weighted by Gasteiger charge is -2.43. The van der Waals surface area contributed by atoms with Crippen LogP contribution in [0.3, 0.4) is 0 Å². The number of hydrogen-bond acceptors (Lipinski definition) is 17. The number of carbonyl (C=O) groups is 3. The van der Waals surface area contributed by atoms with Crippen LogP contribution in [0.4, 0.5) is 5.69 Å². The molecule has 0 spiro atoms. The van der Waals surface area contributed by atoms with Crippen molar-refractivity contribution in [3.63, 3.8) is 0 Å². The van der Waals surface area contributed by atoms with Gasteiger partial charge >= 0.3 is 21.2 Å². The molecule has 2 aliphatic rings. The number of carboxylic acid groups (broad SMARTS) is 1. The van der Waals surface area contributed by atoms with E-state index in [1.807, 2.05) is 0 Å². The fourth-order valence-electron chi connectivity index (χ4n) is 5.74. The molecule has 50 heavy (non-hydrogen) atoms. The SMILES string of the molecule is CCOc1ccc2cc(NCCC(O)(P(=O)(OOC)OOC)P(=O)(OOC)OOC)ccc2c1C(=O)NC1C(=O)N2C1SC(C)(C)C2C(=O)O. The largest absolute Gasteiger partial charge is 0.493 e. The Morgan fingerprint density at radius 2 is 1.56 bits per heavy atom. The molecule has 2 heterocycles. The number of benzene rings is 2. The van der Waals surface area contributed by atoms with Crippen molar-refractivity contribution >= 4 is 61.2 Å². The molecule has 278 valence electrons. The first-order valence-electron chi connectivity index (χ1n) is 14.9. The number of amides is 2. The third-order valence-electron chi connectivity index (χ3n) is 7.83. The molecule has 0 aliphatic carbocycles. The molecule has 0 saturated carbocycles. The van der Waals surface area contributed by atoms with Crippen LogP contribution >= 0.6 is 27.0 Å². The lowest BCUT2D eigenvalue weighted by Crippen LogP contribution is -2.70. The number of β-lactam (4-membered cyclic amide) rings is 1. The van der Waals surface area contributed by atoms with Crippen LogP contribution in [0.15, 0.2) is 30.3 Å². The van der Waals surface area contributed by atoms with Gasteiger partial charge < -0.3 is 30.5 Å². The van der Waals surface area contributed by atoms with Crippen LogP contribution in [0.25, 0.3) is 10.8 Å². The maximum atomic E-state index is 13.8. The van der Waals surface area contributed by atoms with E-state index in [-0.39, 0.29) is 24.5 Å². The molecule has 22 heteroatoms. The predicted molar refractivity (Wildman–Crippen MR) is 176 cm³/mol. The third-order valence-corrected chi connectivity index (χ3v) is 14.5. The van der Waals surface area contributed by atoms with Gasteiger partial charge in [-0.1, -0.05) is 12.1 Å². The smallest absolute Gasteiger partial charge is 0.428 e. The van der Waals surface area contributed by atoms with Gasteiger partial charge in [0, 0.05) is 23.4 Å². The van der Waals surface area contributed by atoms with Crippen molar-refractivity contribution in [2.75, 3.05) is 46.9 Å². The average Bonchev–Trinajstić information content (AvgIpc) is 3.31. The van der Waals surface area contributed by atoms with E-state index in [2.05, 4.69) is 48.9 Å². The highest BCUT2D eigenvalue weighted by Gasteiger charge is 2.68. The van der Waals surface area contributed by atoms with Crippen molar-refractivity contribution in [3.8, 4) is 5.75 Å². The molecule has 0 bridgehead atoms. The molecule has 4 rings (SSSR count). The second-order valence-electron chi connectivity index (χ2n) is 11.3. The van der Waals surface area contributed by atoms with Crippen LogP contribution in [-0.2, 0) is 57.0 Å². The minimum Gasteiger partial charge on any atom is -0.493 e. The van der Waals surface area contributed by atoms with E-state index in [1.165, 1.54) is 16.7 Å². The van der Waals surface area contributed by atoms with E-state index < -0.39 is 66.7 Å². The number of carbonyl (C=O) groups excluding carboxylic acids is 2. The van der Waals surface area contributed by atoms with Gasteiger partial charge in [-0.3, -0.25) is 18.7 Å². The highest BCUT2D eigenvalue weighted by Crippen LogP contribution is 2.78. The molecular formula is C28H39N3O16P2S. The average molecular weight is 768 g/mol. The number of carboxylic acids is 1. The fourth-order valence-corrected chi connectivity index (χ4v) is 11.1. The first kappa shape index (κ1) is 39.9. The number of anilines is 1. The van der Waals surface area contributed by atoms with Crippen molar-refractivity contribution in [1.29, 1.82) is 0 Å². The third kappa shape index (κ3) is 7.26. The van der Waals surface area contributed by atoms with Gasteiger partial charge in [0.15, 0.2) is 0 Å². The minimum atomic E-state index is -5.07. The zero-order valence-corrected chi connectivity index (χ0v) is 30.7. The summed E-state index contributed by atoms with van der Waals surface area (Å²) in [7, 11) is -6.33. The summed E-state index contributed by atoms with van der Waals surface area (Å²) in [6.07, 6.45) is -0.721. The quantitative estimate of drug-likeness (QED) is 0.0691. The Kier molecular flexibility index (Phi) is 12.6. The maximum absolute atomic E-state index is 13.8. The Morgan fingerprint density at radius 3 is 2.08 bits per heavy atom. The van der Waals surface area contributed by atoms with Crippen LogP contribution in [0.1, 0.15) is 37.6 Å². The number of nitrogens with zero attached hydrogens (tertiary/aromatic N) is 1. The summed E-state index contributed by atoms with van der Waals surface area (Å²) in [6, 6.07) is 6.16. The number of thioether (sulfide) groups is 1. The van der Waals surface area contributed by atoms with Crippen LogP contribution in [-0.4, -0.2) is 102 Å². The van der Waals surface area contributed by atoms with E-state index >= 15 is 0 Å². The second kappa shape index (κ2) is 15.8. The summed E-state index contributed by atoms with van der Waals surface area (Å²) in [5.41, 5.74) is 0.576. The molecule has 0 aromatic heterocycles. The molecule has 4 N–H and O–H groups in total. The Balaban J connectivity index is 1.60. The second-order valence-corrected chi connectivity index (χ2v) is 17.5. The fraction of sp³-hybridized carbons (Fsp3) is 0.536. The van der Waals surface area contributed by atoms with Crippen LogP contribution in [0, 0.1) is 0 Å². The summed E-state index contributed by atoms with van der Waals surface area (Å²) in [6.45, 7) is 5.19. The highest BCUT2D eigenvalue weighted by atomic mass is 32.2. The number of ether oxygens (including phenoxy) is 1. The molecule has 2 fully saturated rings. The van der Waals surface area contributed by atoms with Crippen molar-refractivity contribution in [1.82, 2.24) is 10.2 Å². The molecule has 2 aromatic carbocycles. The summed E-state index contributed by atoms with van der Waals surface area (Å²) in [4.78, 5) is 57.9. The number of aliphatic carboxylic acids is 1. The molecule has 2 aliphatic heterocycles. The number of hydrogen-bond donors (Lipinski definition) is 4. The summed E-state index contributed by atoms with van der Waals surface area (Å²) >= 11 is 1.30. The van der Waals surface area contributed by atoms with Gasteiger partial charge in [-0.2, -0.15) is 0 Å². The van der Waals surface area contributed by atoms with Gasteiger partial charge in [0.05, 0.1) is 40.6 Å². The zero-order chi connectivity index (χ0) is 37.1. The Bertz CT molecular complexity index is 1650. The van der Waals surface area contributed by atoms with Crippen molar-refractivity contribution < 1.29 is 76.7 Å². The van der Waals surface area contributed by atoms with Gasteiger partial charge in [-0.25, -0.2) is 24.3 Å². The standard InChI is InChI=1S/C28H39N3O16P2S/c1-8-43-19-12-9-16-15-17(29-14-13-28(36,48(37,44-39-4)45-40-5)49(38,46-41-6)47-42-7)10-11-18(16)20(19)23(32)30-21-24(33)31-22(26(34)35)27(2,3)50-25(21)31/h9-12,15,21-22,25,29,36H,8,13-14H2,1-7H3,(H,30,32)(H,34,35). The Labute approximate surface area is 290 Å². The predicted octanol–water partition coefficient (Wildman–Crippen LogP) is 3.63. The lowest BCUT2D eigenvalue weighted by atomic mass is 9.95. The molecular weight excluding hydrogens is 728 g/mol. The number of fused-ring (bicyclic) bond motifs is 2. The van der Waals surface area contributed by atoms with Gasteiger partial charge in [-0.15, -0.1) is 30.5 Å². The number of nitrogens with one attached hydrogen (secondary N) is 2. The monoisotopic (exact) mass is 767 g/mol. The molecule has 3 atom stereocenters. The Morgan fingerprint density at radius 1 is 0.980 bits per heavy atom. The molecule has 2 aromatic rings. The first-order valence-corrected chi connectivity index (χ1v) is 18.8. The van der Waals surface area contributed by atoms with Crippen molar-refractivity contribution in [2.45, 2.75) is 54.5 Å². The van der Waals surface area contributed by atoms with Crippen molar-refractivity contribution in [2.24, 2.45) is 0 Å². The molecule has 19 nitrogen and oxygen atoms in total. The highest BCUT2D eigenvalue weighted by molar-refractivity contribution is 8.01. The van der Waals surface area contributed by atoms with Crippen LogP contribution in [0.5, 0.6) is 5.75 Å². The minimum absolute atomic E-state index is 0.150. The van der Waals surface area contributed by atoms with Gasteiger partial charge in [0.1, 0.15) is 23.2 Å². The topological polar surface area (TPSA) is 236 Å². The lowest BCUT2D eigenvalue weighted by molar-refractivity contribution is -0.264. The van der Waals surface area contributed by atoms with E-state index in [9.17, 15) is 33.7 Å². The molecule has 2 saturated heterocycles. The summed E-state index contributed by atoms with van der Waals surface area (Å²) in [5, 5.41) is 24.3. The van der Waals surface area contributed by atoms with E-state index in [1.54, 1.807) is 51.1 Å². The number of rotatable bonds is 19.